The number of allylic oxidation sites excluding steroid dienone is 2. The molecule has 1 fully saturated rings. The number of anilines is 1. The number of hydrogen-bond acceptors (Lipinski definition) is 7. The summed E-state index contributed by atoms with van der Waals surface area (Å²) in [6.07, 6.45) is 7.51. The number of nitrogens with one attached hydrogen (secondary N) is 2. The molecule has 1 aromatic carbocycles. The van der Waals surface area contributed by atoms with Gasteiger partial charge in [0.1, 0.15) is 11.6 Å². The van der Waals surface area contributed by atoms with Crippen molar-refractivity contribution in [2.24, 2.45) is 0 Å². The van der Waals surface area contributed by atoms with E-state index < -0.39 is 0 Å². The average molecular weight is 537 g/mol. The van der Waals surface area contributed by atoms with E-state index in [0.29, 0.717) is 35.4 Å². The molecule has 0 radical (unpaired) electrons. The number of piperidine rings is 1. The number of Topliss-reactive ketones (excluding diaryl/α,β-unsaturated/α-hetero) is 1. The van der Waals surface area contributed by atoms with Gasteiger partial charge in [0.2, 0.25) is 0 Å². The molecule has 1 saturated heterocycles. The summed E-state index contributed by atoms with van der Waals surface area (Å²) in [7, 11) is 0. The van der Waals surface area contributed by atoms with E-state index in [1.54, 1.807) is 25.3 Å². The van der Waals surface area contributed by atoms with Crippen molar-refractivity contribution in [3.8, 4) is 5.75 Å². The first-order chi connectivity index (χ1) is 18.8. The van der Waals surface area contributed by atoms with Gasteiger partial charge in [0.25, 0.3) is 5.91 Å². The monoisotopic (exact) mass is 536 g/mol. The Morgan fingerprint density at radius 1 is 1.23 bits per heavy atom. The standard InChI is InChI=1S/C16H24N4O2.C14H13FO2/c1-2-7-20-8-5-12(6-9-20)17-10-13-3-4-14-16(18-13)19-15(21)11-22-14;1-9-8-11(15)5-6-12(9)14-13(10(2)16)4-3-7-17-14/h3-4,12,17H,2,5-11H2,1H3,(H,18,19,21);3,5-8H,4H2,1-2H3. The van der Waals surface area contributed by atoms with E-state index in [2.05, 4.69) is 27.4 Å². The number of ether oxygens (including phenoxy) is 2. The normalized spacial score (nSPS) is 17.4. The number of benzene rings is 1. The summed E-state index contributed by atoms with van der Waals surface area (Å²) >= 11 is 0. The molecule has 0 aliphatic carbocycles. The Morgan fingerprint density at radius 2 is 2.03 bits per heavy atom. The van der Waals surface area contributed by atoms with Crippen molar-refractivity contribution in [2.75, 3.05) is 31.6 Å². The minimum atomic E-state index is -0.289. The number of fused-ring (bicyclic) bond motifs is 1. The number of nitrogens with zero attached hydrogens (tertiary/aromatic N) is 2. The number of hydrogen-bond donors (Lipinski definition) is 2. The van der Waals surface area contributed by atoms with E-state index in [0.717, 1.165) is 23.4 Å². The fourth-order valence-corrected chi connectivity index (χ4v) is 4.89. The number of halogens is 1. The molecule has 2 N–H and O–H groups in total. The maximum absolute atomic E-state index is 13.0. The number of aryl methyl sites for hydroxylation is 1. The maximum atomic E-state index is 13.0. The fraction of sp³-hybridized carbons (Fsp3) is 0.433. The third-order valence-electron chi connectivity index (χ3n) is 6.97. The quantitative estimate of drug-likeness (QED) is 0.528. The van der Waals surface area contributed by atoms with Gasteiger partial charge < -0.3 is 25.0 Å². The predicted octanol–water partition coefficient (Wildman–Crippen LogP) is 4.74. The molecule has 0 bridgehead atoms. The number of carbonyl (C=O) groups excluding carboxylic acids is 2. The SMILES string of the molecule is CC(=O)C1=C(c2ccc(F)cc2C)OC=CC1.CCCN1CCC(NCc2ccc3c(n2)NC(=O)CO3)CC1. The number of carbonyl (C=O) groups is 2. The van der Waals surface area contributed by atoms with Crippen LogP contribution in [-0.4, -0.2) is 53.9 Å². The van der Waals surface area contributed by atoms with Crippen molar-refractivity contribution < 1.29 is 23.5 Å². The van der Waals surface area contributed by atoms with E-state index in [4.69, 9.17) is 9.47 Å². The van der Waals surface area contributed by atoms with Gasteiger partial charge in [0.05, 0.1) is 12.0 Å². The number of amides is 1. The van der Waals surface area contributed by atoms with E-state index in [1.807, 2.05) is 12.1 Å². The van der Waals surface area contributed by atoms with Gasteiger partial charge in [-0.05, 0) is 94.7 Å². The fourth-order valence-electron chi connectivity index (χ4n) is 4.89. The Labute approximate surface area is 229 Å². The van der Waals surface area contributed by atoms with Crippen LogP contribution in [0.25, 0.3) is 5.76 Å². The molecule has 208 valence electrons. The van der Waals surface area contributed by atoms with Gasteiger partial charge in [-0.15, -0.1) is 0 Å². The van der Waals surface area contributed by atoms with Crippen LogP contribution in [0, 0.1) is 12.7 Å². The Kier molecular flexibility index (Phi) is 9.84. The molecule has 1 aromatic heterocycles. The highest BCUT2D eigenvalue weighted by atomic mass is 19.1. The summed E-state index contributed by atoms with van der Waals surface area (Å²) in [6.45, 7) is 9.89. The van der Waals surface area contributed by atoms with Gasteiger partial charge in [-0.2, -0.15) is 0 Å². The first kappa shape index (κ1) is 28.4. The predicted molar refractivity (Wildman–Crippen MR) is 149 cm³/mol. The van der Waals surface area contributed by atoms with Gasteiger partial charge in [-0.3, -0.25) is 9.59 Å². The van der Waals surface area contributed by atoms with Crippen LogP contribution in [0.4, 0.5) is 10.2 Å². The largest absolute Gasteiger partial charge is 0.480 e. The summed E-state index contributed by atoms with van der Waals surface area (Å²) in [5.74, 6) is 1.27. The minimum absolute atomic E-state index is 0.0203. The first-order valence-corrected chi connectivity index (χ1v) is 13.5. The van der Waals surface area contributed by atoms with E-state index in [-0.39, 0.29) is 24.1 Å². The van der Waals surface area contributed by atoms with Gasteiger partial charge in [-0.1, -0.05) is 6.92 Å². The van der Waals surface area contributed by atoms with Gasteiger partial charge in [0, 0.05) is 30.1 Å². The molecule has 0 atom stereocenters. The number of ketones is 1. The molecule has 0 spiro atoms. The molecule has 8 nitrogen and oxygen atoms in total. The van der Waals surface area contributed by atoms with Gasteiger partial charge in [-0.25, -0.2) is 9.37 Å². The zero-order valence-corrected chi connectivity index (χ0v) is 22.9. The second-order valence-corrected chi connectivity index (χ2v) is 10.00. The molecular weight excluding hydrogens is 499 g/mol. The number of likely N-dealkylation sites (tertiary alicyclic amines) is 1. The smallest absolute Gasteiger partial charge is 0.263 e. The molecule has 9 heteroatoms. The topological polar surface area (TPSA) is 92.8 Å². The first-order valence-electron chi connectivity index (χ1n) is 13.5. The maximum Gasteiger partial charge on any atom is 0.263 e. The number of pyridine rings is 1. The van der Waals surface area contributed by atoms with E-state index in [9.17, 15) is 14.0 Å². The third kappa shape index (κ3) is 7.74. The Morgan fingerprint density at radius 3 is 2.74 bits per heavy atom. The zero-order valence-electron chi connectivity index (χ0n) is 22.9. The van der Waals surface area contributed by atoms with Crippen molar-refractivity contribution in [1.82, 2.24) is 15.2 Å². The van der Waals surface area contributed by atoms with Crippen LogP contribution < -0.4 is 15.4 Å². The van der Waals surface area contributed by atoms with Gasteiger partial charge in [0.15, 0.2) is 24.0 Å². The second-order valence-electron chi connectivity index (χ2n) is 10.00. The Hall–Kier alpha value is -3.56. The highest BCUT2D eigenvalue weighted by molar-refractivity contribution is 6.00. The van der Waals surface area contributed by atoms with Crippen molar-refractivity contribution in [3.63, 3.8) is 0 Å². The van der Waals surface area contributed by atoms with Gasteiger partial charge >= 0.3 is 0 Å². The van der Waals surface area contributed by atoms with Crippen LogP contribution in [-0.2, 0) is 20.9 Å². The second kappa shape index (κ2) is 13.5. The van der Waals surface area contributed by atoms with Crippen LogP contribution in [0.3, 0.4) is 0 Å². The summed E-state index contributed by atoms with van der Waals surface area (Å²) in [6, 6.07) is 8.83. The van der Waals surface area contributed by atoms with E-state index in [1.165, 1.54) is 58.0 Å². The average Bonchev–Trinajstić information content (AvgIpc) is 2.93. The van der Waals surface area contributed by atoms with E-state index >= 15 is 0 Å². The summed E-state index contributed by atoms with van der Waals surface area (Å²) < 4.78 is 23.8. The Bertz CT molecular complexity index is 1250. The molecule has 1 amide bonds. The number of aromatic nitrogens is 1. The number of rotatable bonds is 7. The molecule has 0 saturated carbocycles. The molecule has 2 aromatic rings. The van der Waals surface area contributed by atoms with Crippen LogP contribution in [0.1, 0.15) is 56.4 Å². The molecule has 39 heavy (non-hydrogen) atoms. The lowest BCUT2D eigenvalue weighted by molar-refractivity contribution is -0.118. The highest BCUT2D eigenvalue weighted by Crippen LogP contribution is 2.29. The molecular formula is C30H37FN4O4. The van der Waals surface area contributed by atoms with Crippen molar-refractivity contribution in [3.05, 3.63) is 70.9 Å². The zero-order chi connectivity index (χ0) is 27.8. The minimum Gasteiger partial charge on any atom is -0.480 e. The lowest BCUT2D eigenvalue weighted by atomic mass is 9.98. The summed E-state index contributed by atoms with van der Waals surface area (Å²) in [4.78, 5) is 29.8. The lowest BCUT2D eigenvalue weighted by Crippen LogP contribution is -2.42. The third-order valence-corrected chi connectivity index (χ3v) is 6.97. The van der Waals surface area contributed by atoms with Crippen molar-refractivity contribution in [2.45, 2.75) is 59.0 Å². The summed E-state index contributed by atoms with van der Waals surface area (Å²) in [5.41, 5.74) is 3.08. The van der Waals surface area contributed by atoms with Crippen molar-refractivity contribution >= 4 is 23.3 Å². The lowest BCUT2D eigenvalue weighted by Gasteiger charge is -2.32. The van der Waals surface area contributed by atoms with Crippen LogP contribution >= 0.6 is 0 Å². The molecule has 5 rings (SSSR count). The summed E-state index contributed by atoms with van der Waals surface area (Å²) in [5, 5.41) is 6.32. The van der Waals surface area contributed by atoms with Crippen molar-refractivity contribution in [1.29, 1.82) is 0 Å². The van der Waals surface area contributed by atoms with Crippen LogP contribution in [0.15, 0.2) is 48.2 Å². The molecule has 0 unspecified atom stereocenters. The molecule has 4 heterocycles. The Balaban J connectivity index is 0.000000187. The highest BCUT2D eigenvalue weighted by Gasteiger charge is 2.20. The molecule has 3 aliphatic rings. The van der Waals surface area contributed by atoms with Crippen LogP contribution in [0.5, 0.6) is 5.75 Å². The molecule has 3 aliphatic heterocycles. The van der Waals surface area contributed by atoms with Crippen LogP contribution in [0.2, 0.25) is 0 Å².